The highest BCUT2D eigenvalue weighted by molar-refractivity contribution is 7.47. The molecular formula is C75H140O17P2. The molecule has 0 bridgehead atoms. The number of aliphatic hydroxyl groups is 1. The second kappa shape index (κ2) is 68.8. The van der Waals surface area contributed by atoms with Gasteiger partial charge in [-0.25, -0.2) is 9.13 Å². The number of aliphatic hydroxyl groups excluding tert-OH is 1. The third kappa shape index (κ3) is 67.8. The van der Waals surface area contributed by atoms with E-state index in [1.807, 2.05) is 0 Å². The summed E-state index contributed by atoms with van der Waals surface area (Å²) in [4.78, 5) is 72.7. The first kappa shape index (κ1) is 91.3. The van der Waals surface area contributed by atoms with Gasteiger partial charge in [-0.1, -0.05) is 270 Å². The molecule has 0 aliphatic heterocycles. The zero-order valence-corrected chi connectivity index (χ0v) is 61.9. The lowest BCUT2D eigenvalue weighted by Gasteiger charge is -2.21. The number of phosphoric acid groups is 2. The summed E-state index contributed by atoms with van der Waals surface area (Å²) in [5.41, 5.74) is 0. The molecule has 0 fully saturated rings. The van der Waals surface area contributed by atoms with Gasteiger partial charge < -0.3 is 33.8 Å². The molecule has 552 valence electrons. The van der Waals surface area contributed by atoms with Crippen LogP contribution in [0.2, 0.25) is 0 Å². The highest BCUT2D eigenvalue weighted by Gasteiger charge is 2.30. The van der Waals surface area contributed by atoms with Crippen LogP contribution in [0.5, 0.6) is 0 Å². The van der Waals surface area contributed by atoms with Crippen LogP contribution in [0.25, 0.3) is 0 Å². The predicted molar refractivity (Wildman–Crippen MR) is 381 cm³/mol. The zero-order chi connectivity index (χ0) is 69.0. The lowest BCUT2D eigenvalue weighted by atomic mass is 10.0. The van der Waals surface area contributed by atoms with Crippen LogP contribution in [-0.2, 0) is 65.4 Å². The monoisotopic (exact) mass is 1370 g/mol. The number of ether oxygens (including phenoxy) is 4. The van der Waals surface area contributed by atoms with Crippen LogP contribution in [0, 0.1) is 0 Å². The van der Waals surface area contributed by atoms with E-state index in [0.717, 1.165) is 141 Å². The predicted octanol–water partition coefficient (Wildman–Crippen LogP) is 21.6. The van der Waals surface area contributed by atoms with Crippen LogP contribution in [-0.4, -0.2) is 96.7 Å². The number of hydrogen-bond acceptors (Lipinski definition) is 15. The first-order valence-electron chi connectivity index (χ1n) is 38.2. The van der Waals surface area contributed by atoms with Crippen molar-refractivity contribution in [3.8, 4) is 0 Å². The molecular weight excluding hydrogens is 1230 g/mol. The van der Waals surface area contributed by atoms with Gasteiger partial charge in [0.25, 0.3) is 0 Å². The molecule has 0 aliphatic carbocycles. The molecule has 0 saturated heterocycles. The summed E-state index contributed by atoms with van der Waals surface area (Å²) in [6.07, 6.45) is 62.7. The Labute approximate surface area is 573 Å². The van der Waals surface area contributed by atoms with E-state index < -0.39 is 97.5 Å². The van der Waals surface area contributed by atoms with Gasteiger partial charge >= 0.3 is 39.5 Å². The van der Waals surface area contributed by atoms with E-state index in [9.17, 15) is 43.2 Å². The largest absolute Gasteiger partial charge is 0.472 e. The van der Waals surface area contributed by atoms with Gasteiger partial charge in [0.1, 0.15) is 19.3 Å². The normalized spacial score (nSPS) is 14.2. The molecule has 0 spiro atoms. The minimum absolute atomic E-state index is 0.0891. The molecule has 0 aliphatic rings. The van der Waals surface area contributed by atoms with E-state index in [2.05, 4.69) is 64.2 Å². The average molecular weight is 1380 g/mol. The molecule has 5 atom stereocenters. The van der Waals surface area contributed by atoms with Crippen molar-refractivity contribution < 1.29 is 80.2 Å². The van der Waals surface area contributed by atoms with Crippen molar-refractivity contribution >= 4 is 39.5 Å². The minimum Gasteiger partial charge on any atom is -0.462 e. The lowest BCUT2D eigenvalue weighted by molar-refractivity contribution is -0.161. The average Bonchev–Trinajstić information content (AvgIpc) is 2.45. The molecule has 0 amide bonds. The number of esters is 4. The van der Waals surface area contributed by atoms with Crippen molar-refractivity contribution in [3.05, 3.63) is 36.5 Å². The maximum absolute atomic E-state index is 13.1. The summed E-state index contributed by atoms with van der Waals surface area (Å²) < 4.78 is 68.4. The van der Waals surface area contributed by atoms with E-state index in [1.54, 1.807) is 0 Å². The van der Waals surface area contributed by atoms with E-state index >= 15 is 0 Å². The first-order chi connectivity index (χ1) is 45.7. The van der Waals surface area contributed by atoms with Gasteiger partial charge in [0.2, 0.25) is 0 Å². The van der Waals surface area contributed by atoms with Crippen LogP contribution >= 0.6 is 15.6 Å². The van der Waals surface area contributed by atoms with Gasteiger partial charge in [-0.05, 0) is 103 Å². The second-order valence-electron chi connectivity index (χ2n) is 25.9. The molecule has 0 saturated carbocycles. The lowest BCUT2D eigenvalue weighted by Crippen LogP contribution is -2.30. The smallest absolute Gasteiger partial charge is 0.462 e. The van der Waals surface area contributed by atoms with E-state index in [0.29, 0.717) is 25.7 Å². The van der Waals surface area contributed by atoms with Gasteiger partial charge in [0.05, 0.1) is 26.4 Å². The van der Waals surface area contributed by atoms with Crippen molar-refractivity contribution in [3.63, 3.8) is 0 Å². The second-order valence-corrected chi connectivity index (χ2v) is 28.9. The third-order valence-electron chi connectivity index (χ3n) is 16.6. The highest BCUT2D eigenvalue weighted by Crippen LogP contribution is 2.45. The molecule has 0 radical (unpaired) electrons. The minimum atomic E-state index is -4.96. The summed E-state index contributed by atoms with van der Waals surface area (Å²) in [7, 11) is -9.93. The third-order valence-corrected chi connectivity index (χ3v) is 18.5. The number of unbranched alkanes of at least 4 members (excludes halogenated alkanes) is 41. The van der Waals surface area contributed by atoms with Gasteiger partial charge in [-0.2, -0.15) is 0 Å². The van der Waals surface area contributed by atoms with Crippen molar-refractivity contribution in [1.29, 1.82) is 0 Å². The van der Waals surface area contributed by atoms with Gasteiger partial charge in [-0.3, -0.25) is 37.3 Å². The highest BCUT2D eigenvalue weighted by atomic mass is 31.2. The molecule has 0 aromatic rings. The Morgan fingerprint density at radius 1 is 0.287 bits per heavy atom. The van der Waals surface area contributed by atoms with Gasteiger partial charge in [0, 0.05) is 25.7 Å². The molecule has 3 N–H and O–H groups in total. The van der Waals surface area contributed by atoms with Crippen molar-refractivity contribution in [1.82, 2.24) is 0 Å². The SMILES string of the molecule is CCCCCC/C=C\CCCCCCCC(=O)OC[C@H](COP(=O)(O)OC[C@H](O)COP(=O)(O)OC[C@@H](COC(=O)CCCCCCC/C=C\CCCCCCCC)OC(=O)CCCCCCCCCCCCCCC)OC(=O)CCCCCCC/C=C\CCCCCC. The number of phosphoric ester groups is 2. The number of allylic oxidation sites excluding steroid dienone is 6. The summed E-state index contributed by atoms with van der Waals surface area (Å²) in [5, 5.41) is 10.6. The maximum Gasteiger partial charge on any atom is 0.472 e. The Bertz CT molecular complexity index is 1930. The number of hydrogen-bond donors (Lipinski definition) is 3. The topological polar surface area (TPSA) is 237 Å². The molecule has 0 rings (SSSR count). The van der Waals surface area contributed by atoms with Crippen molar-refractivity contribution in [2.75, 3.05) is 39.6 Å². The number of carbonyl (C=O) groups is 4. The number of rotatable bonds is 73. The van der Waals surface area contributed by atoms with E-state index in [4.69, 9.17) is 37.0 Å². The summed E-state index contributed by atoms with van der Waals surface area (Å²) in [5.74, 6) is -2.16. The standard InChI is InChI=1S/C75H140O17P2/c1-5-9-13-17-21-25-29-33-34-38-40-44-48-52-56-60-73(78)86-66-71(92-75(80)62-58-54-50-46-42-37-32-28-24-20-16-12-8-4)68-90-94(83,84)88-64-69(76)63-87-93(81,82)89-67-70(91-74(79)61-57-53-49-45-41-36-31-27-23-19-15-11-7-3)65-85-72(77)59-55-51-47-43-39-35-30-26-22-18-14-10-6-2/h26-27,30-31,33-34,69-71,76H,5-25,28-29,32,35-68H2,1-4H3,(H,81,82)(H,83,84)/b30-26-,31-27-,34-33-/t69-,70+,71+/m0/s1. The first-order valence-corrected chi connectivity index (χ1v) is 41.2. The van der Waals surface area contributed by atoms with Crippen LogP contribution < -0.4 is 0 Å². The molecule has 2 unspecified atom stereocenters. The Kier molecular flexibility index (Phi) is 66.8. The maximum atomic E-state index is 13.1. The Balaban J connectivity index is 5.30. The molecule has 0 aromatic carbocycles. The molecule has 0 aromatic heterocycles. The fourth-order valence-corrected chi connectivity index (χ4v) is 12.3. The Morgan fingerprint density at radius 2 is 0.489 bits per heavy atom. The molecule has 17 nitrogen and oxygen atoms in total. The van der Waals surface area contributed by atoms with Crippen LogP contribution in [0.4, 0.5) is 0 Å². The molecule has 19 heteroatoms. The van der Waals surface area contributed by atoms with E-state index in [-0.39, 0.29) is 25.7 Å². The van der Waals surface area contributed by atoms with Gasteiger partial charge in [-0.15, -0.1) is 0 Å². The Hall–Kier alpha value is -2.72. The fraction of sp³-hybridized carbons (Fsp3) is 0.867. The van der Waals surface area contributed by atoms with E-state index in [1.165, 1.54) is 141 Å². The summed E-state index contributed by atoms with van der Waals surface area (Å²) in [6.45, 7) is 4.88. The number of carbonyl (C=O) groups excluding carboxylic acids is 4. The molecule has 0 heterocycles. The van der Waals surface area contributed by atoms with Crippen LogP contribution in [0.15, 0.2) is 36.5 Å². The summed E-state index contributed by atoms with van der Waals surface area (Å²) >= 11 is 0. The zero-order valence-electron chi connectivity index (χ0n) is 60.2. The van der Waals surface area contributed by atoms with Crippen LogP contribution in [0.1, 0.15) is 362 Å². The van der Waals surface area contributed by atoms with Crippen molar-refractivity contribution in [2.24, 2.45) is 0 Å². The fourth-order valence-electron chi connectivity index (χ4n) is 10.7. The van der Waals surface area contributed by atoms with Gasteiger partial charge in [0.15, 0.2) is 12.2 Å². The quantitative estimate of drug-likeness (QED) is 0.0169. The Morgan fingerprint density at radius 3 is 0.745 bits per heavy atom. The van der Waals surface area contributed by atoms with Crippen molar-refractivity contribution in [2.45, 2.75) is 380 Å². The summed E-state index contributed by atoms with van der Waals surface area (Å²) in [6, 6.07) is 0. The molecule has 94 heavy (non-hydrogen) atoms. The van der Waals surface area contributed by atoms with Crippen LogP contribution in [0.3, 0.4) is 0 Å².